The molecular formula is C24H14F2S3. The van der Waals surface area contributed by atoms with Crippen LogP contribution in [0.1, 0.15) is 0 Å². The molecule has 0 nitrogen and oxygen atoms in total. The third kappa shape index (κ3) is 3.81. The van der Waals surface area contributed by atoms with E-state index in [1.807, 2.05) is 36.4 Å². The minimum atomic E-state index is -0.165. The smallest absolute Gasteiger partial charge is 0.176 e. The Bertz CT molecular complexity index is 1160. The van der Waals surface area contributed by atoms with Gasteiger partial charge in [-0.15, -0.1) is 34.0 Å². The zero-order chi connectivity index (χ0) is 19.8. The molecule has 5 aromatic rings. The molecule has 29 heavy (non-hydrogen) atoms. The van der Waals surface area contributed by atoms with Crippen LogP contribution >= 0.6 is 34.0 Å². The van der Waals surface area contributed by atoms with Gasteiger partial charge in [0.2, 0.25) is 0 Å². The number of benzene rings is 2. The molecule has 5 heteroatoms. The Labute approximate surface area is 179 Å². The lowest BCUT2D eigenvalue weighted by atomic mass is 10.1. The Kier molecular flexibility index (Phi) is 4.87. The lowest BCUT2D eigenvalue weighted by Gasteiger charge is -2.02. The van der Waals surface area contributed by atoms with Crippen LogP contribution in [0.25, 0.3) is 41.8 Å². The van der Waals surface area contributed by atoms with Gasteiger partial charge in [-0.1, -0.05) is 48.5 Å². The molecule has 0 fully saturated rings. The molecule has 3 heterocycles. The monoisotopic (exact) mass is 436 g/mol. The Morgan fingerprint density at radius 1 is 0.345 bits per heavy atom. The molecule has 0 N–H and O–H groups in total. The van der Waals surface area contributed by atoms with E-state index in [1.54, 1.807) is 11.3 Å². The summed E-state index contributed by atoms with van der Waals surface area (Å²) >= 11 is 4.06. The molecule has 0 aliphatic carbocycles. The Morgan fingerprint density at radius 2 is 0.621 bits per heavy atom. The summed E-state index contributed by atoms with van der Waals surface area (Å²) in [6, 6.07) is 27.3. The molecule has 5 rings (SSSR count). The van der Waals surface area contributed by atoms with Crippen molar-refractivity contribution in [2.45, 2.75) is 0 Å². The van der Waals surface area contributed by atoms with E-state index in [0.717, 1.165) is 54.7 Å². The summed E-state index contributed by atoms with van der Waals surface area (Å²) in [5.41, 5.74) is 4.35. The fourth-order valence-electron chi connectivity index (χ4n) is 3.18. The topological polar surface area (TPSA) is 0 Å². The number of rotatable bonds is 4. The average molecular weight is 437 g/mol. The van der Waals surface area contributed by atoms with Gasteiger partial charge in [0, 0.05) is 19.5 Å². The zero-order valence-electron chi connectivity index (χ0n) is 15.1. The first kappa shape index (κ1) is 18.4. The molecular weight excluding hydrogens is 422 g/mol. The lowest BCUT2D eigenvalue weighted by Crippen LogP contribution is -1.75. The summed E-state index contributed by atoms with van der Waals surface area (Å²) in [5, 5.41) is -0.329. The predicted molar refractivity (Wildman–Crippen MR) is 122 cm³/mol. The van der Waals surface area contributed by atoms with E-state index in [1.165, 1.54) is 21.9 Å². The van der Waals surface area contributed by atoms with Crippen molar-refractivity contribution >= 4 is 34.0 Å². The van der Waals surface area contributed by atoms with Gasteiger partial charge in [-0.25, -0.2) is 0 Å². The van der Waals surface area contributed by atoms with Crippen molar-refractivity contribution in [2.75, 3.05) is 0 Å². The second-order valence-corrected chi connectivity index (χ2v) is 9.68. The zero-order valence-corrected chi connectivity index (χ0v) is 17.5. The molecule has 0 amide bonds. The maximum absolute atomic E-state index is 13.2. The highest BCUT2D eigenvalue weighted by atomic mass is 32.1. The fourth-order valence-corrected chi connectivity index (χ4v) is 5.67. The van der Waals surface area contributed by atoms with Crippen LogP contribution in [0, 0.1) is 10.3 Å². The third-order valence-corrected chi connectivity index (χ3v) is 7.69. The van der Waals surface area contributed by atoms with E-state index >= 15 is 0 Å². The van der Waals surface area contributed by atoms with Gasteiger partial charge in [0.05, 0.1) is 0 Å². The van der Waals surface area contributed by atoms with Crippen LogP contribution in [0.3, 0.4) is 0 Å². The summed E-state index contributed by atoms with van der Waals surface area (Å²) < 4.78 is 26.5. The van der Waals surface area contributed by atoms with Gasteiger partial charge in [0.1, 0.15) is 0 Å². The van der Waals surface area contributed by atoms with Gasteiger partial charge in [0.25, 0.3) is 0 Å². The van der Waals surface area contributed by atoms with Crippen molar-refractivity contribution in [3.05, 3.63) is 95.2 Å². The SMILES string of the molecule is Fc1ccc(-c2ccc(-c3ccc(-c4ccc(-c5ccc(F)s5)cc4)s3)cc2)s1. The summed E-state index contributed by atoms with van der Waals surface area (Å²) in [6.07, 6.45) is 0. The van der Waals surface area contributed by atoms with Crippen molar-refractivity contribution in [3.63, 3.8) is 0 Å². The molecule has 0 saturated carbocycles. The number of hydrogen-bond acceptors (Lipinski definition) is 3. The molecule has 0 aliphatic heterocycles. The van der Waals surface area contributed by atoms with Gasteiger partial charge in [0.15, 0.2) is 10.3 Å². The maximum atomic E-state index is 13.2. The summed E-state index contributed by atoms with van der Waals surface area (Å²) in [4.78, 5) is 4.25. The predicted octanol–water partition coefficient (Wildman–Crippen LogP) is 8.82. The van der Waals surface area contributed by atoms with Crippen molar-refractivity contribution < 1.29 is 8.78 Å². The Balaban J connectivity index is 1.37. The minimum absolute atomic E-state index is 0.165. The molecule has 3 aromatic heterocycles. The molecule has 0 unspecified atom stereocenters. The maximum Gasteiger partial charge on any atom is 0.176 e. The summed E-state index contributed by atoms with van der Waals surface area (Å²) in [6.45, 7) is 0. The summed E-state index contributed by atoms with van der Waals surface area (Å²) in [7, 11) is 0. The van der Waals surface area contributed by atoms with Gasteiger partial charge in [-0.2, -0.15) is 8.78 Å². The van der Waals surface area contributed by atoms with Crippen LogP contribution in [-0.4, -0.2) is 0 Å². The Morgan fingerprint density at radius 3 is 0.897 bits per heavy atom. The van der Waals surface area contributed by atoms with Crippen LogP contribution in [0.5, 0.6) is 0 Å². The first-order valence-electron chi connectivity index (χ1n) is 8.98. The van der Waals surface area contributed by atoms with Crippen LogP contribution in [0.15, 0.2) is 84.9 Å². The van der Waals surface area contributed by atoms with Gasteiger partial charge in [-0.05, 0) is 58.7 Å². The highest BCUT2D eigenvalue weighted by Crippen LogP contribution is 2.37. The second-order valence-electron chi connectivity index (χ2n) is 6.53. The van der Waals surface area contributed by atoms with E-state index in [-0.39, 0.29) is 10.3 Å². The molecule has 0 radical (unpaired) electrons. The van der Waals surface area contributed by atoms with Gasteiger partial charge >= 0.3 is 0 Å². The molecule has 142 valence electrons. The van der Waals surface area contributed by atoms with Gasteiger partial charge in [-0.3, -0.25) is 0 Å². The average Bonchev–Trinajstić information content (AvgIpc) is 3.49. The van der Waals surface area contributed by atoms with Crippen LogP contribution in [0.4, 0.5) is 8.78 Å². The quantitative estimate of drug-likeness (QED) is 0.264. The first-order valence-corrected chi connectivity index (χ1v) is 11.4. The van der Waals surface area contributed by atoms with Crippen molar-refractivity contribution in [2.24, 2.45) is 0 Å². The summed E-state index contributed by atoms with van der Waals surface area (Å²) in [5.74, 6) is 0. The largest absolute Gasteiger partial charge is 0.195 e. The normalized spacial score (nSPS) is 11.1. The van der Waals surface area contributed by atoms with Crippen molar-refractivity contribution in [1.29, 1.82) is 0 Å². The van der Waals surface area contributed by atoms with E-state index < -0.39 is 0 Å². The van der Waals surface area contributed by atoms with E-state index in [9.17, 15) is 8.78 Å². The molecule has 0 bridgehead atoms. The van der Waals surface area contributed by atoms with Crippen molar-refractivity contribution in [1.82, 2.24) is 0 Å². The molecule has 2 aromatic carbocycles. The molecule has 0 aliphatic rings. The number of halogens is 2. The third-order valence-electron chi connectivity index (χ3n) is 4.66. The highest BCUT2D eigenvalue weighted by molar-refractivity contribution is 7.18. The molecule has 0 spiro atoms. The fraction of sp³-hybridized carbons (Fsp3) is 0. The number of hydrogen-bond donors (Lipinski definition) is 0. The Hall–Kier alpha value is -2.60. The second kappa shape index (κ2) is 7.67. The molecule has 0 atom stereocenters. The van der Waals surface area contributed by atoms with E-state index in [0.29, 0.717) is 0 Å². The van der Waals surface area contributed by atoms with Crippen LogP contribution < -0.4 is 0 Å². The van der Waals surface area contributed by atoms with Crippen molar-refractivity contribution in [3.8, 4) is 41.8 Å². The minimum Gasteiger partial charge on any atom is -0.195 e. The number of thiophene rings is 3. The van der Waals surface area contributed by atoms with Crippen LogP contribution in [0.2, 0.25) is 0 Å². The lowest BCUT2D eigenvalue weighted by molar-refractivity contribution is 0.657. The molecule has 0 saturated heterocycles. The standard InChI is InChI=1S/C24H14F2S3/c25-23-13-11-21(28-23)17-5-1-15(2-6-17)19-9-10-20(27-19)16-3-7-18(8-4-16)22-12-14-24(26)29-22/h1-14H. The van der Waals surface area contributed by atoms with E-state index in [4.69, 9.17) is 0 Å². The van der Waals surface area contributed by atoms with Crippen LogP contribution in [-0.2, 0) is 0 Å². The van der Waals surface area contributed by atoms with Gasteiger partial charge < -0.3 is 0 Å². The highest BCUT2D eigenvalue weighted by Gasteiger charge is 2.08. The van der Waals surface area contributed by atoms with E-state index in [2.05, 4.69) is 36.4 Å². The first-order chi connectivity index (χ1) is 14.2.